The smallest absolute Gasteiger partial charge is 0.224 e. The molecule has 3 atom stereocenters. The molecule has 0 saturated heterocycles. The van der Waals surface area contributed by atoms with E-state index in [1.165, 1.54) is 19.3 Å². The normalized spacial score (nSPS) is 26.1. The first kappa shape index (κ1) is 14.9. The third kappa shape index (κ3) is 3.99. The molecule has 3 unspecified atom stereocenters. The molecule has 0 aromatic heterocycles. The molecular formula is C17H26N2O. The van der Waals surface area contributed by atoms with Gasteiger partial charge in [-0.05, 0) is 55.4 Å². The zero-order chi connectivity index (χ0) is 14.5. The molecule has 0 heterocycles. The fraction of sp³-hybridized carbons (Fsp3) is 0.588. The van der Waals surface area contributed by atoms with Gasteiger partial charge in [0, 0.05) is 23.8 Å². The molecule has 2 N–H and O–H groups in total. The van der Waals surface area contributed by atoms with Crippen LogP contribution in [0.25, 0.3) is 0 Å². The Kier molecular flexibility index (Phi) is 5.05. The largest absolute Gasteiger partial charge is 0.382 e. The van der Waals surface area contributed by atoms with Crippen molar-refractivity contribution in [2.24, 2.45) is 11.8 Å². The standard InChI is InChI=1S/C17H26N2O/c1-4-17(20)19-15-8-6-14(7-9-15)18-16-10-5-12(2)11-13(16)3/h6-9,12-13,16,18H,4-5,10-11H2,1-3H3,(H,19,20). The number of carbonyl (C=O) groups excluding carboxylic acids is 1. The number of anilines is 2. The summed E-state index contributed by atoms with van der Waals surface area (Å²) in [6.07, 6.45) is 4.38. The topological polar surface area (TPSA) is 41.1 Å². The lowest BCUT2D eigenvalue weighted by molar-refractivity contribution is -0.115. The van der Waals surface area contributed by atoms with Crippen LogP contribution in [0.4, 0.5) is 11.4 Å². The molecule has 3 heteroatoms. The number of hydrogen-bond donors (Lipinski definition) is 2. The van der Waals surface area contributed by atoms with Crippen LogP contribution in [-0.4, -0.2) is 11.9 Å². The summed E-state index contributed by atoms with van der Waals surface area (Å²) in [6.45, 7) is 6.54. The van der Waals surface area contributed by atoms with E-state index in [0.717, 1.165) is 23.2 Å². The summed E-state index contributed by atoms with van der Waals surface area (Å²) in [6, 6.07) is 8.60. The fourth-order valence-electron chi connectivity index (χ4n) is 2.99. The van der Waals surface area contributed by atoms with Gasteiger partial charge in [-0.1, -0.05) is 20.8 Å². The Morgan fingerprint density at radius 2 is 1.80 bits per heavy atom. The molecule has 1 saturated carbocycles. The van der Waals surface area contributed by atoms with Crippen molar-refractivity contribution in [1.29, 1.82) is 0 Å². The number of carbonyl (C=O) groups is 1. The minimum atomic E-state index is 0.0561. The lowest BCUT2D eigenvalue weighted by Gasteiger charge is -2.33. The highest BCUT2D eigenvalue weighted by Crippen LogP contribution is 2.30. The molecule has 0 spiro atoms. The van der Waals surface area contributed by atoms with Crippen LogP contribution in [0.3, 0.4) is 0 Å². The Labute approximate surface area is 122 Å². The molecule has 1 amide bonds. The van der Waals surface area contributed by atoms with Crippen molar-refractivity contribution in [2.75, 3.05) is 10.6 Å². The van der Waals surface area contributed by atoms with Crippen molar-refractivity contribution in [3.63, 3.8) is 0 Å². The Hall–Kier alpha value is -1.51. The van der Waals surface area contributed by atoms with Crippen LogP contribution in [0, 0.1) is 11.8 Å². The summed E-state index contributed by atoms with van der Waals surface area (Å²) in [7, 11) is 0. The van der Waals surface area contributed by atoms with Crippen molar-refractivity contribution < 1.29 is 4.79 Å². The van der Waals surface area contributed by atoms with Crippen LogP contribution in [0.1, 0.15) is 46.5 Å². The SMILES string of the molecule is CCC(=O)Nc1ccc(NC2CCC(C)CC2C)cc1. The van der Waals surface area contributed by atoms with Gasteiger partial charge >= 0.3 is 0 Å². The average Bonchev–Trinajstić information content (AvgIpc) is 2.44. The molecule has 2 rings (SSSR count). The van der Waals surface area contributed by atoms with E-state index in [0.29, 0.717) is 12.5 Å². The maximum Gasteiger partial charge on any atom is 0.224 e. The second-order valence-electron chi connectivity index (χ2n) is 6.13. The number of nitrogens with one attached hydrogen (secondary N) is 2. The first-order valence-electron chi connectivity index (χ1n) is 7.75. The summed E-state index contributed by atoms with van der Waals surface area (Å²) in [5.41, 5.74) is 2.01. The summed E-state index contributed by atoms with van der Waals surface area (Å²) in [5.74, 6) is 1.63. The first-order chi connectivity index (χ1) is 9.58. The van der Waals surface area contributed by atoms with Crippen LogP contribution in [0.5, 0.6) is 0 Å². The number of hydrogen-bond acceptors (Lipinski definition) is 2. The van der Waals surface area contributed by atoms with Crippen molar-refractivity contribution in [1.82, 2.24) is 0 Å². The number of amides is 1. The summed E-state index contributed by atoms with van der Waals surface area (Å²) >= 11 is 0. The van der Waals surface area contributed by atoms with E-state index >= 15 is 0 Å². The van der Waals surface area contributed by atoms with Gasteiger partial charge in [0.15, 0.2) is 0 Å². The molecule has 110 valence electrons. The van der Waals surface area contributed by atoms with Crippen LogP contribution in [-0.2, 0) is 4.79 Å². The second kappa shape index (κ2) is 6.78. The molecule has 1 aromatic rings. The predicted octanol–water partition coefficient (Wildman–Crippen LogP) is 4.27. The fourth-order valence-corrected chi connectivity index (χ4v) is 2.99. The highest BCUT2D eigenvalue weighted by molar-refractivity contribution is 5.90. The minimum Gasteiger partial charge on any atom is -0.382 e. The van der Waals surface area contributed by atoms with Crippen LogP contribution >= 0.6 is 0 Å². The van der Waals surface area contributed by atoms with E-state index < -0.39 is 0 Å². The van der Waals surface area contributed by atoms with Crippen molar-refractivity contribution in [2.45, 2.75) is 52.5 Å². The van der Waals surface area contributed by atoms with E-state index in [4.69, 9.17) is 0 Å². The molecule has 0 bridgehead atoms. The van der Waals surface area contributed by atoms with Gasteiger partial charge in [-0.3, -0.25) is 4.79 Å². The highest BCUT2D eigenvalue weighted by atomic mass is 16.1. The first-order valence-corrected chi connectivity index (χ1v) is 7.75. The zero-order valence-corrected chi connectivity index (χ0v) is 12.8. The number of benzene rings is 1. The van der Waals surface area contributed by atoms with Gasteiger partial charge in [-0.25, -0.2) is 0 Å². The lowest BCUT2D eigenvalue weighted by Crippen LogP contribution is -2.32. The molecule has 0 radical (unpaired) electrons. The zero-order valence-electron chi connectivity index (χ0n) is 12.8. The van der Waals surface area contributed by atoms with E-state index in [-0.39, 0.29) is 5.91 Å². The molecule has 1 aromatic carbocycles. The van der Waals surface area contributed by atoms with Crippen LogP contribution in [0.2, 0.25) is 0 Å². The van der Waals surface area contributed by atoms with Gasteiger partial charge in [0.1, 0.15) is 0 Å². The molecule has 1 aliphatic rings. The Balaban J connectivity index is 1.92. The summed E-state index contributed by atoms with van der Waals surface area (Å²) in [4.78, 5) is 11.3. The van der Waals surface area contributed by atoms with E-state index in [9.17, 15) is 4.79 Å². The van der Waals surface area contributed by atoms with Gasteiger partial charge in [-0.2, -0.15) is 0 Å². The van der Waals surface area contributed by atoms with Crippen molar-refractivity contribution in [3.8, 4) is 0 Å². The number of rotatable bonds is 4. The maximum atomic E-state index is 11.3. The van der Waals surface area contributed by atoms with Gasteiger partial charge < -0.3 is 10.6 Å². The quantitative estimate of drug-likeness (QED) is 0.860. The summed E-state index contributed by atoms with van der Waals surface area (Å²) in [5, 5.41) is 6.50. The van der Waals surface area contributed by atoms with Gasteiger partial charge in [0.2, 0.25) is 5.91 Å². The van der Waals surface area contributed by atoms with Crippen LogP contribution < -0.4 is 10.6 Å². The molecule has 0 aliphatic heterocycles. The lowest BCUT2D eigenvalue weighted by atomic mass is 9.80. The Morgan fingerprint density at radius 1 is 1.15 bits per heavy atom. The third-order valence-electron chi connectivity index (χ3n) is 4.27. The van der Waals surface area contributed by atoms with Crippen LogP contribution in [0.15, 0.2) is 24.3 Å². The second-order valence-corrected chi connectivity index (χ2v) is 6.13. The van der Waals surface area contributed by atoms with Gasteiger partial charge in [0.25, 0.3) is 0 Å². The Morgan fingerprint density at radius 3 is 2.40 bits per heavy atom. The van der Waals surface area contributed by atoms with Crippen molar-refractivity contribution >= 4 is 17.3 Å². The van der Waals surface area contributed by atoms with Crippen molar-refractivity contribution in [3.05, 3.63) is 24.3 Å². The van der Waals surface area contributed by atoms with E-state index in [2.05, 4.69) is 36.6 Å². The monoisotopic (exact) mass is 274 g/mol. The average molecular weight is 274 g/mol. The van der Waals surface area contributed by atoms with E-state index in [1.807, 2.05) is 19.1 Å². The molecule has 1 aliphatic carbocycles. The molecule has 3 nitrogen and oxygen atoms in total. The molecule has 20 heavy (non-hydrogen) atoms. The highest BCUT2D eigenvalue weighted by Gasteiger charge is 2.24. The summed E-state index contributed by atoms with van der Waals surface area (Å²) < 4.78 is 0. The van der Waals surface area contributed by atoms with E-state index in [1.54, 1.807) is 0 Å². The van der Waals surface area contributed by atoms with Gasteiger partial charge in [-0.15, -0.1) is 0 Å². The molecular weight excluding hydrogens is 248 g/mol. The molecule has 1 fully saturated rings. The van der Waals surface area contributed by atoms with Gasteiger partial charge in [0.05, 0.1) is 0 Å². The third-order valence-corrected chi connectivity index (χ3v) is 4.27. The minimum absolute atomic E-state index is 0.0561. The Bertz CT molecular complexity index is 441. The predicted molar refractivity (Wildman–Crippen MR) is 85.0 cm³/mol. The maximum absolute atomic E-state index is 11.3.